The van der Waals surface area contributed by atoms with Gasteiger partial charge in [-0.1, -0.05) is 13.8 Å². The summed E-state index contributed by atoms with van der Waals surface area (Å²) in [6.07, 6.45) is 3.24. The molecule has 0 radical (unpaired) electrons. The molecule has 4 nitrogen and oxygen atoms in total. The van der Waals surface area contributed by atoms with Crippen molar-refractivity contribution >= 4 is 6.09 Å². The zero-order chi connectivity index (χ0) is 15.2. The van der Waals surface area contributed by atoms with Gasteiger partial charge in [-0.3, -0.25) is 0 Å². The van der Waals surface area contributed by atoms with Crippen molar-refractivity contribution in [3.05, 3.63) is 0 Å². The van der Waals surface area contributed by atoms with Crippen molar-refractivity contribution < 1.29 is 9.53 Å². The molecular formula is C16H32N2O2. The second-order valence-electron chi connectivity index (χ2n) is 7.36. The third kappa shape index (κ3) is 7.13. The molecule has 1 fully saturated rings. The molecule has 0 aromatic carbocycles. The molecule has 0 aromatic heterocycles. The summed E-state index contributed by atoms with van der Waals surface area (Å²) >= 11 is 0. The lowest BCUT2D eigenvalue weighted by molar-refractivity contribution is 0.0521. The molecule has 1 aliphatic rings. The van der Waals surface area contributed by atoms with Crippen molar-refractivity contribution in [2.45, 2.75) is 59.5 Å². The van der Waals surface area contributed by atoms with Crippen molar-refractivity contribution in [3.8, 4) is 0 Å². The molecule has 2 unspecified atom stereocenters. The van der Waals surface area contributed by atoms with E-state index in [1.165, 1.54) is 12.8 Å². The van der Waals surface area contributed by atoms with Gasteiger partial charge in [-0.25, -0.2) is 4.79 Å². The molecule has 0 bridgehead atoms. The third-order valence-electron chi connectivity index (χ3n) is 3.72. The van der Waals surface area contributed by atoms with Crippen molar-refractivity contribution in [2.75, 3.05) is 19.6 Å². The van der Waals surface area contributed by atoms with Crippen LogP contribution in [0, 0.1) is 17.8 Å². The highest BCUT2D eigenvalue weighted by molar-refractivity contribution is 5.67. The number of piperidine rings is 1. The minimum atomic E-state index is -0.418. The van der Waals surface area contributed by atoms with E-state index in [4.69, 9.17) is 4.74 Å². The number of nitrogens with one attached hydrogen (secondary N) is 2. The molecule has 2 N–H and O–H groups in total. The van der Waals surface area contributed by atoms with E-state index < -0.39 is 5.60 Å². The summed E-state index contributed by atoms with van der Waals surface area (Å²) < 4.78 is 5.26. The van der Waals surface area contributed by atoms with Crippen molar-refractivity contribution in [3.63, 3.8) is 0 Å². The monoisotopic (exact) mass is 284 g/mol. The van der Waals surface area contributed by atoms with E-state index in [0.29, 0.717) is 12.5 Å². The molecule has 0 spiro atoms. The molecule has 0 saturated carbocycles. The number of rotatable bonds is 5. The first-order valence-electron chi connectivity index (χ1n) is 7.95. The first kappa shape index (κ1) is 17.3. The second kappa shape index (κ2) is 7.87. The molecule has 118 valence electrons. The molecular weight excluding hydrogens is 252 g/mol. The Hall–Kier alpha value is -0.770. The second-order valence-corrected chi connectivity index (χ2v) is 7.36. The highest BCUT2D eigenvalue weighted by Gasteiger charge is 2.25. The minimum Gasteiger partial charge on any atom is -0.444 e. The van der Waals surface area contributed by atoms with Crippen LogP contribution in [0.5, 0.6) is 0 Å². The van der Waals surface area contributed by atoms with Crippen molar-refractivity contribution in [2.24, 2.45) is 17.8 Å². The van der Waals surface area contributed by atoms with Gasteiger partial charge in [0.2, 0.25) is 0 Å². The maximum Gasteiger partial charge on any atom is 0.407 e. The summed E-state index contributed by atoms with van der Waals surface area (Å²) in [5, 5.41) is 6.37. The zero-order valence-corrected chi connectivity index (χ0v) is 13.8. The predicted octanol–water partition coefficient (Wildman–Crippen LogP) is 3.17. The molecule has 20 heavy (non-hydrogen) atoms. The van der Waals surface area contributed by atoms with Crippen LogP contribution in [0.15, 0.2) is 0 Å². The van der Waals surface area contributed by atoms with Gasteiger partial charge in [-0.2, -0.15) is 0 Å². The van der Waals surface area contributed by atoms with Crippen molar-refractivity contribution in [1.82, 2.24) is 10.6 Å². The standard InChI is InChI=1S/C16H32N2O2/c1-12(2)10-14-11-17-8-6-13(14)7-9-18-15(19)20-16(3,4)5/h12-14,17H,6-11H2,1-5H3,(H,18,19). The Bertz CT molecular complexity index is 297. The normalized spacial score (nSPS) is 23.7. The Kier molecular flexibility index (Phi) is 6.80. The first-order valence-corrected chi connectivity index (χ1v) is 7.95. The van der Waals surface area contributed by atoms with Gasteiger partial charge in [0.1, 0.15) is 5.60 Å². The summed E-state index contributed by atoms with van der Waals surface area (Å²) in [4.78, 5) is 11.6. The van der Waals surface area contributed by atoms with Crippen LogP contribution in [0.4, 0.5) is 4.79 Å². The topological polar surface area (TPSA) is 50.4 Å². The van der Waals surface area contributed by atoms with E-state index in [2.05, 4.69) is 24.5 Å². The van der Waals surface area contributed by atoms with Gasteiger partial charge in [-0.05, 0) is 70.9 Å². The number of alkyl carbamates (subject to hydrolysis) is 1. The third-order valence-corrected chi connectivity index (χ3v) is 3.72. The number of carbonyl (C=O) groups is 1. The fourth-order valence-electron chi connectivity index (χ4n) is 2.91. The zero-order valence-electron chi connectivity index (χ0n) is 13.8. The summed E-state index contributed by atoms with van der Waals surface area (Å²) in [5.41, 5.74) is -0.418. The summed E-state index contributed by atoms with van der Waals surface area (Å²) in [6.45, 7) is 13.2. The molecule has 1 heterocycles. The van der Waals surface area contributed by atoms with Crippen LogP contribution < -0.4 is 10.6 Å². The highest BCUT2D eigenvalue weighted by atomic mass is 16.6. The Morgan fingerprint density at radius 1 is 1.35 bits per heavy atom. The van der Waals surface area contributed by atoms with Gasteiger partial charge < -0.3 is 15.4 Å². The molecule has 1 saturated heterocycles. The van der Waals surface area contributed by atoms with E-state index in [0.717, 1.165) is 31.3 Å². The average molecular weight is 284 g/mol. The van der Waals surface area contributed by atoms with E-state index >= 15 is 0 Å². The largest absolute Gasteiger partial charge is 0.444 e. The van der Waals surface area contributed by atoms with Gasteiger partial charge in [0.25, 0.3) is 0 Å². The first-order chi connectivity index (χ1) is 9.28. The van der Waals surface area contributed by atoms with Gasteiger partial charge in [0.15, 0.2) is 0 Å². The number of amides is 1. The molecule has 0 aliphatic carbocycles. The van der Waals surface area contributed by atoms with Crippen LogP contribution in [0.3, 0.4) is 0 Å². The SMILES string of the molecule is CC(C)CC1CNCCC1CCNC(=O)OC(C)(C)C. The lowest BCUT2D eigenvalue weighted by atomic mass is 9.79. The molecule has 1 rings (SSSR count). The number of hydrogen-bond acceptors (Lipinski definition) is 3. The van der Waals surface area contributed by atoms with Crippen molar-refractivity contribution in [1.29, 1.82) is 0 Å². The Balaban J connectivity index is 2.29. The minimum absolute atomic E-state index is 0.299. The van der Waals surface area contributed by atoms with Gasteiger partial charge >= 0.3 is 6.09 Å². The van der Waals surface area contributed by atoms with E-state index in [1.54, 1.807) is 0 Å². The molecule has 2 atom stereocenters. The highest BCUT2D eigenvalue weighted by Crippen LogP contribution is 2.27. The number of carbonyl (C=O) groups excluding carboxylic acids is 1. The predicted molar refractivity (Wildman–Crippen MR) is 82.8 cm³/mol. The van der Waals surface area contributed by atoms with Crippen LogP contribution in [0.1, 0.15) is 53.9 Å². The maximum absolute atomic E-state index is 11.6. The fourth-order valence-corrected chi connectivity index (χ4v) is 2.91. The molecule has 0 aromatic rings. The van der Waals surface area contributed by atoms with Crippen LogP contribution in [0.2, 0.25) is 0 Å². The lowest BCUT2D eigenvalue weighted by Gasteiger charge is -2.33. The maximum atomic E-state index is 11.6. The number of ether oxygens (including phenoxy) is 1. The van der Waals surface area contributed by atoms with Gasteiger partial charge in [0.05, 0.1) is 0 Å². The van der Waals surface area contributed by atoms with E-state index in [1.807, 2.05) is 20.8 Å². The molecule has 1 aliphatic heterocycles. The Labute approximate surface area is 124 Å². The smallest absolute Gasteiger partial charge is 0.407 e. The van der Waals surface area contributed by atoms with Crippen LogP contribution in [-0.2, 0) is 4.74 Å². The average Bonchev–Trinajstić information content (AvgIpc) is 2.28. The molecule has 1 amide bonds. The van der Waals surface area contributed by atoms with E-state index in [9.17, 15) is 4.79 Å². The molecule has 4 heteroatoms. The van der Waals surface area contributed by atoms with Gasteiger partial charge in [-0.15, -0.1) is 0 Å². The van der Waals surface area contributed by atoms with Gasteiger partial charge in [0, 0.05) is 6.54 Å². The van der Waals surface area contributed by atoms with Crippen LogP contribution >= 0.6 is 0 Å². The number of hydrogen-bond donors (Lipinski definition) is 2. The Morgan fingerprint density at radius 3 is 2.65 bits per heavy atom. The van der Waals surface area contributed by atoms with Crippen LogP contribution in [0.25, 0.3) is 0 Å². The summed E-state index contributed by atoms with van der Waals surface area (Å²) in [6, 6.07) is 0. The van der Waals surface area contributed by atoms with Crippen LogP contribution in [-0.4, -0.2) is 31.3 Å². The summed E-state index contributed by atoms with van der Waals surface area (Å²) in [7, 11) is 0. The Morgan fingerprint density at radius 2 is 2.05 bits per heavy atom. The lowest BCUT2D eigenvalue weighted by Crippen LogP contribution is -2.39. The fraction of sp³-hybridized carbons (Fsp3) is 0.938. The van der Waals surface area contributed by atoms with E-state index in [-0.39, 0.29) is 6.09 Å². The summed E-state index contributed by atoms with van der Waals surface area (Å²) in [5.74, 6) is 2.19. The quantitative estimate of drug-likeness (QED) is 0.815.